The summed E-state index contributed by atoms with van der Waals surface area (Å²) in [5.74, 6) is -1.000. The van der Waals surface area contributed by atoms with Crippen LogP contribution in [0.5, 0.6) is 5.75 Å². The minimum absolute atomic E-state index is 0.0312. The van der Waals surface area contributed by atoms with Gasteiger partial charge in [-0.15, -0.1) is 0 Å². The molecule has 5 heteroatoms. The summed E-state index contributed by atoms with van der Waals surface area (Å²) in [5.41, 5.74) is 11.8. The summed E-state index contributed by atoms with van der Waals surface area (Å²) in [7, 11) is 0. The van der Waals surface area contributed by atoms with Gasteiger partial charge in [-0.3, -0.25) is 4.79 Å². The lowest BCUT2D eigenvalue weighted by atomic mass is 10.0. The van der Waals surface area contributed by atoms with E-state index in [1.54, 1.807) is 6.07 Å². The van der Waals surface area contributed by atoms with Crippen LogP contribution in [0.4, 0.5) is 5.69 Å². The number of carbonyl (C=O) groups is 1. The van der Waals surface area contributed by atoms with Crippen LogP contribution in [-0.4, -0.2) is 16.2 Å². The van der Waals surface area contributed by atoms with E-state index < -0.39 is 12.0 Å². The van der Waals surface area contributed by atoms with Crippen molar-refractivity contribution in [1.29, 1.82) is 0 Å². The number of hydrogen-bond acceptors (Lipinski definition) is 4. The van der Waals surface area contributed by atoms with Crippen LogP contribution in [0.1, 0.15) is 18.0 Å². The number of nitrogens with two attached hydrogens (primary N) is 2. The molecule has 76 valence electrons. The number of phenols is 1. The quantitative estimate of drug-likeness (QED) is 0.414. The zero-order valence-corrected chi connectivity index (χ0v) is 7.47. The fourth-order valence-corrected chi connectivity index (χ4v) is 1.11. The zero-order chi connectivity index (χ0) is 10.7. The van der Waals surface area contributed by atoms with Crippen molar-refractivity contribution in [2.45, 2.75) is 12.5 Å². The predicted octanol–water partition coefficient (Wildman–Crippen LogP) is 0.449. The molecule has 0 aliphatic heterocycles. The van der Waals surface area contributed by atoms with E-state index in [2.05, 4.69) is 0 Å². The molecule has 1 unspecified atom stereocenters. The van der Waals surface area contributed by atoms with Crippen molar-refractivity contribution < 1.29 is 15.0 Å². The Morgan fingerprint density at radius 2 is 2.14 bits per heavy atom. The molecular formula is C9H12N2O3. The van der Waals surface area contributed by atoms with Crippen LogP contribution in [0.25, 0.3) is 0 Å². The molecule has 0 fully saturated rings. The van der Waals surface area contributed by atoms with Crippen LogP contribution >= 0.6 is 0 Å². The fraction of sp³-hybridized carbons (Fsp3) is 0.222. The third-order valence-electron chi connectivity index (χ3n) is 1.87. The minimum Gasteiger partial charge on any atom is -0.506 e. The van der Waals surface area contributed by atoms with Gasteiger partial charge in [0.2, 0.25) is 0 Å². The van der Waals surface area contributed by atoms with Gasteiger partial charge in [0.15, 0.2) is 0 Å². The molecule has 0 heterocycles. The third-order valence-corrected chi connectivity index (χ3v) is 1.87. The molecule has 1 rings (SSSR count). The average molecular weight is 196 g/mol. The molecule has 1 atom stereocenters. The Bertz CT molecular complexity index is 352. The summed E-state index contributed by atoms with van der Waals surface area (Å²) in [6, 6.07) is 3.82. The standard InChI is InChI=1S/C9H12N2O3/c10-6(4-9(13)14)5-1-2-8(12)7(11)3-5/h1-3,6,12H,4,10-11H2,(H,13,14). The van der Waals surface area contributed by atoms with Gasteiger partial charge in [-0.25, -0.2) is 0 Å². The molecule has 1 aromatic carbocycles. The smallest absolute Gasteiger partial charge is 0.305 e. The number of anilines is 1. The molecule has 0 radical (unpaired) electrons. The summed E-state index contributed by atoms with van der Waals surface area (Å²) >= 11 is 0. The van der Waals surface area contributed by atoms with Crippen LogP contribution in [0.3, 0.4) is 0 Å². The number of carboxylic acid groups (broad SMARTS) is 1. The van der Waals surface area contributed by atoms with E-state index >= 15 is 0 Å². The van der Waals surface area contributed by atoms with Gasteiger partial charge in [-0.05, 0) is 17.7 Å². The van der Waals surface area contributed by atoms with Crippen molar-refractivity contribution in [1.82, 2.24) is 0 Å². The number of carboxylic acids is 1. The first kappa shape index (κ1) is 10.3. The number of rotatable bonds is 3. The van der Waals surface area contributed by atoms with Crippen molar-refractivity contribution in [2.24, 2.45) is 5.73 Å². The molecule has 0 amide bonds. The average Bonchev–Trinajstić information content (AvgIpc) is 2.08. The Balaban J connectivity index is 2.85. The molecule has 6 N–H and O–H groups in total. The maximum absolute atomic E-state index is 10.4. The molecule has 0 aliphatic carbocycles. The highest BCUT2D eigenvalue weighted by Crippen LogP contribution is 2.24. The number of aliphatic carboxylic acids is 1. The van der Waals surface area contributed by atoms with E-state index in [1.807, 2.05) is 0 Å². The number of aromatic hydroxyl groups is 1. The molecular weight excluding hydrogens is 184 g/mol. The minimum atomic E-state index is -0.968. The van der Waals surface area contributed by atoms with Gasteiger partial charge < -0.3 is 21.7 Å². The SMILES string of the molecule is Nc1cc(C(N)CC(=O)O)ccc1O. The highest BCUT2D eigenvalue weighted by atomic mass is 16.4. The normalized spacial score (nSPS) is 12.4. The van der Waals surface area contributed by atoms with Gasteiger partial charge in [0.25, 0.3) is 0 Å². The molecule has 0 bridgehead atoms. The summed E-state index contributed by atoms with van der Waals surface area (Å²) < 4.78 is 0. The second-order valence-corrected chi connectivity index (χ2v) is 3.02. The summed E-state index contributed by atoms with van der Waals surface area (Å²) in [6.45, 7) is 0. The van der Waals surface area contributed by atoms with Crippen LogP contribution in [0.15, 0.2) is 18.2 Å². The topological polar surface area (TPSA) is 110 Å². The number of phenolic OH excluding ortho intramolecular Hbond substituents is 1. The highest BCUT2D eigenvalue weighted by molar-refractivity contribution is 5.68. The molecule has 1 aromatic rings. The first-order valence-electron chi connectivity index (χ1n) is 4.06. The second kappa shape index (κ2) is 3.97. The van der Waals surface area contributed by atoms with Crippen LogP contribution in [-0.2, 0) is 4.79 Å². The predicted molar refractivity (Wildman–Crippen MR) is 51.7 cm³/mol. The van der Waals surface area contributed by atoms with Gasteiger partial charge in [0, 0.05) is 6.04 Å². The Labute approximate surface area is 81.0 Å². The summed E-state index contributed by atoms with van der Waals surface area (Å²) in [4.78, 5) is 10.4. The Hall–Kier alpha value is -1.75. The number of nitrogen functional groups attached to an aromatic ring is 1. The van der Waals surface area contributed by atoms with Gasteiger partial charge in [0.1, 0.15) is 5.75 Å². The van der Waals surface area contributed by atoms with E-state index in [0.29, 0.717) is 5.56 Å². The van der Waals surface area contributed by atoms with Gasteiger partial charge in [-0.1, -0.05) is 6.07 Å². The number of hydrogen-bond donors (Lipinski definition) is 4. The third kappa shape index (κ3) is 2.37. The van der Waals surface area contributed by atoms with E-state index in [1.165, 1.54) is 12.1 Å². The molecule has 0 aliphatic rings. The van der Waals surface area contributed by atoms with Gasteiger partial charge in [-0.2, -0.15) is 0 Å². The van der Waals surface area contributed by atoms with Crippen LogP contribution in [0, 0.1) is 0 Å². The fourth-order valence-electron chi connectivity index (χ4n) is 1.11. The van der Waals surface area contributed by atoms with E-state index in [-0.39, 0.29) is 17.9 Å². The van der Waals surface area contributed by atoms with Crippen LogP contribution < -0.4 is 11.5 Å². The molecule has 14 heavy (non-hydrogen) atoms. The summed E-state index contributed by atoms with van der Waals surface area (Å²) in [5, 5.41) is 17.6. The van der Waals surface area contributed by atoms with E-state index in [0.717, 1.165) is 0 Å². The lowest BCUT2D eigenvalue weighted by Crippen LogP contribution is -2.15. The van der Waals surface area contributed by atoms with Crippen molar-refractivity contribution in [3.05, 3.63) is 23.8 Å². The van der Waals surface area contributed by atoms with E-state index in [9.17, 15) is 4.79 Å². The molecule has 5 nitrogen and oxygen atoms in total. The zero-order valence-electron chi connectivity index (χ0n) is 7.47. The monoisotopic (exact) mass is 196 g/mol. The van der Waals surface area contributed by atoms with Crippen LogP contribution in [0.2, 0.25) is 0 Å². The van der Waals surface area contributed by atoms with Crippen molar-refractivity contribution >= 4 is 11.7 Å². The Morgan fingerprint density at radius 3 is 2.64 bits per heavy atom. The Morgan fingerprint density at radius 1 is 1.50 bits per heavy atom. The lowest BCUT2D eigenvalue weighted by Gasteiger charge is -2.10. The van der Waals surface area contributed by atoms with Crippen molar-refractivity contribution in [3.8, 4) is 5.75 Å². The van der Waals surface area contributed by atoms with Crippen molar-refractivity contribution in [3.63, 3.8) is 0 Å². The lowest BCUT2D eigenvalue weighted by molar-refractivity contribution is -0.137. The number of benzene rings is 1. The van der Waals surface area contributed by atoms with Gasteiger partial charge in [0.05, 0.1) is 12.1 Å². The van der Waals surface area contributed by atoms with Gasteiger partial charge >= 0.3 is 5.97 Å². The molecule has 0 saturated heterocycles. The first-order chi connectivity index (χ1) is 6.50. The summed E-state index contributed by atoms with van der Waals surface area (Å²) in [6.07, 6.45) is -0.162. The first-order valence-corrected chi connectivity index (χ1v) is 4.06. The molecule has 0 saturated carbocycles. The maximum atomic E-state index is 10.4. The Kier molecular flexibility index (Phi) is 2.93. The van der Waals surface area contributed by atoms with Crippen molar-refractivity contribution in [2.75, 3.05) is 5.73 Å². The largest absolute Gasteiger partial charge is 0.506 e. The van der Waals surface area contributed by atoms with E-state index in [4.69, 9.17) is 21.7 Å². The second-order valence-electron chi connectivity index (χ2n) is 3.02. The molecule has 0 aromatic heterocycles. The highest BCUT2D eigenvalue weighted by Gasteiger charge is 2.11. The molecule has 0 spiro atoms. The maximum Gasteiger partial charge on any atom is 0.305 e.